The molecule has 1 unspecified atom stereocenters. The van der Waals surface area contributed by atoms with Gasteiger partial charge in [0.15, 0.2) is 0 Å². The third-order valence-corrected chi connectivity index (χ3v) is 5.33. The first-order chi connectivity index (χ1) is 8.08. The van der Waals surface area contributed by atoms with Gasteiger partial charge in [0.2, 0.25) is 0 Å². The predicted molar refractivity (Wildman–Crippen MR) is 81.9 cm³/mol. The third-order valence-electron chi connectivity index (χ3n) is 2.60. The highest BCUT2D eigenvalue weighted by atomic mass is 127. The Morgan fingerprint density at radius 1 is 1.35 bits per heavy atom. The van der Waals surface area contributed by atoms with Crippen molar-refractivity contribution in [2.24, 2.45) is 0 Å². The predicted octanol–water partition coefficient (Wildman–Crippen LogP) is 4.59. The lowest BCUT2D eigenvalue weighted by Gasteiger charge is -2.13. The SMILES string of the molecule is Cc1cccc(C(O)Cc2ccc(Cl)s2)c1I. The van der Waals surface area contributed by atoms with E-state index in [1.54, 1.807) is 0 Å². The highest BCUT2D eigenvalue weighted by Crippen LogP contribution is 2.29. The molecule has 0 bridgehead atoms. The molecule has 4 heteroatoms. The van der Waals surface area contributed by atoms with E-state index in [1.165, 1.54) is 16.9 Å². The van der Waals surface area contributed by atoms with Crippen molar-refractivity contribution in [3.63, 3.8) is 0 Å². The normalized spacial score (nSPS) is 12.7. The van der Waals surface area contributed by atoms with Crippen LogP contribution in [0, 0.1) is 10.5 Å². The average molecular weight is 379 g/mol. The summed E-state index contributed by atoms with van der Waals surface area (Å²) in [6.45, 7) is 2.06. The number of thiophene rings is 1. The minimum Gasteiger partial charge on any atom is -0.388 e. The summed E-state index contributed by atoms with van der Waals surface area (Å²) in [7, 11) is 0. The Balaban J connectivity index is 2.20. The first-order valence-corrected chi connectivity index (χ1v) is 7.52. The summed E-state index contributed by atoms with van der Waals surface area (Å²) >= 11 is 9.69. The van der Waals surface area contributed by atoms with Crippen LogP contribution in [-0.4, -0.2) is 5.11 Å². The van der Waals surface area contributed by atoms with Gasteiger partial charge >= 0.3 is 0 Å². The number of rotatable bonds is 3. The highest BCUT2D eigenvalue weighted by Gasteiger charge is 2.14. The Bertz CT molecular complexity index is 524. The van der Waals surface area contributed by atoms with Crippen molar-refractivity contribution >= 4 is 45.5 Å². The molecule has 0 amide bonds. The number of benzene rings is 1. The van der Waals surface area contributed by atoms with Gasteiger partial charge in [-0.15, -0.1) is 11.3 Å². The Morgan fingerprint density at radius 3 is 2.76 bits per heavy atom. The van der Waals surface area contributed by atoms with Gasteiger partial charge < -0.3 is 5.11 Å². The van der Waals surface area contributed by atoms with Crippen LogP contribution in [0.2, 0.25) is 4.34 Å². The van der Waals surface area contributed by atoms with Gasteiger partial charge in [-0.05, 0) is 52.8 Å². The molecule has 90 valence electrons. The molecule has 1 atom stereocenters. The Morgan fingerprint density at radius 2 is 2.12 bits per heavy atom. The summed E-state index contributed by atoms with van der Waals surface area (Å²) in [6, 6.07) is 9.86. The smallest absolute Gasteiger partial charge is 0.0931 e. The second-order valence-corrected chi connectivity index (χ2v) is 6.78. The van der Waals surface area contributed by atoms with Crippen molar-refractivity contribution in [2.45, 2.75) is 19.4 Å². The Hall–Kier alpha value is -0.100. The maximum Gasteiger partial charge on any atom is 0.0931 e. The first-order valence-electron chi connectivity index (χ1n) is 5.25. The van der Waals surface area contributed by atoms with Crippen LogP contribution < -0.4 is 0 Å². The number of hydrogen-bond donors (Lipinski definition) is 1. The molecule has 1 heterocycles. The van der Waals surface area contributed by atoms with E-state index >= 15 is 0 Å². The zero-order valence-electron chi connectivity index (χ0n) is 9.28. The fourth-order valence-corrected chi connectivity index (χ4v) is 3.53. The Kier molecular flexibility index (Phi) is 4.47. The monoisotopic (exact) mass is 378 g/mol. The summed E-state index contributed by atoms with van der Waals surface area (Å²) < 4.78 is 1.91. The summed E-state index contributed by atoms with van der Waals surface area (Å²) in [5.41, 5.74) is 2.20. The summed E-state index contributed by atoms with van der Waals surface area (Å²) in [4.78, 5) is 1.11. The van der Waals surface area contributed by atoms with E-state index in [0.29, 0.717) is 6.42 Å². The van der Waals surface area contributed by atoms with E-state index in [9.17, 15) is 5.11 Å². The molecule has 0 spiro atoms. The Labute approximate surface area is 124 Å². The molecule has 1 nitrogen and oxygen atoms in total. The van der Waals surface area contributed by atoms with Crippen LogP contribution in [0.5, 0.6) is 0 Å². The minimum atomic E-state index is -0.462. The van der Waals surface area contributed by atoms with Crippen LogP contribution in [0.4, 0.5) is 0 Å². The molecule has 0 aliphatic heterocycles. The van der Waals surface area contributed by atoms with Gasteiger partial charge in [-0.25, -0.2) is 0 Å². The van der Waals surface area contributed by atoms with Gasteiger partial charge in [-0.3, -0.25) is 0 Å². The second kappa shape index (κ2) is 5.69. The maximum atomic E-state index is 10.2. The zero-order valence-corrected chi connectivity index (χ0v) is 13.0. The molecule has 0 saturated carbocycles. The van der Waals surface area contributed by atoms with E-state index in [0.717, 1.165) is 18.3 Å². The van der Waals surface area contributed by atoms with Gasteiger partial charge in [0.25, 0.3) is 0 Å². The lowest BCUT2D eigenvalue weighted by molar-refractivity contribution is 0.178. The molecule has 1 aromatic heterocycles. The molecule has 1 aromatic carbocycles. The van der Waals surface area contributed by atoms with Gasteiger partial charge in [0.05, 0.1) is 10.4 Å². The van der Waals surface area contributed by atoms with Crippen molar-refractivity contribution in [2.75, 3.05) is 0 Å². The number of aryl methyl sites for hydroxylation is 1. The van der Waals surface area contributed by atoms with Crippen LogP contribution in [0.3, 0.4) is 0 Å². The zero-order chi connectivity index (χ0) is 12.4. The van der Waals surface area contributed by atoms with Crippen molar-refractivity contribution in [1.82, 2.24) is 0 Å². The van der Waals surface area contributed by atoms with Crippen LogP contribution in [0.25, 0.3) is 0 Å². The van der Waals surface area contributed by atoms with Crippen LogP contribution in [-0.2, 0) is 6.42 Å². The topological polar surface area (TPSA) is 20.2 Å². The third kappa shape index (κ3) is 3.22. The van der Waals surface area contributed by atoms with Gasteiger partial charge in [-0.1, -0.05) is 29.8 Å². The number of halogens is 2. The standard InChI is InChI=1S/C13H12ClIOS/c1-8-3-2-4-10(13(8)15)11(16)7-9-5-6-12(14)17-9/h2-6,11,16H,7H2,1H3. The van der Waals surface area contributed by atoms with E-state index in [1.807, 2.05) is 24.3 Å². The van der Waals surface area contributed by atoms with Crippen molar-refractivity contribution in [3.8, 4) is 0 Å². The average Bonchev–Trinajstić information content (AvgIpc) is 2.68. The fourth-order valence-electron chi connectivity index (χ4n) is 1.69. The summed E-state index contributed by atoms with van der Waals surface area (Å²) in [5.74, 6) is 0. The van der Waals surface area contributed by atoms with Gasteiger partial charge in [-0.2, -0.15) is 0 Å². The molecular weight excluding hydrogens is 367 g/mol. The van der Waals surface area contributed by atoms with E-state index in [4.69, 9.17) is 11.6 Å². The quantitative estimate of drug-likeness (QED) is 0.775. The number of aliphatic hydroxyl groups is 1. The van der Waals surface area contributed by atoms with Gasteiger partial charge in [0.1, 0.15) is 0 Å². The molecule has 0 saturated heterocycles. The van der Waals surface area contributed by atoms with E-state index in [-0.39, 0.29) is 0 Å². The lowest BCUT2D eigenvalue weighted by Crippen LogP contribution is -2.03. The summed E-state index contributed by atoms with van der Waals surface area (Å²) in [6.07, 6.45) is 0.160. The van der Waals surface area contributed by atoms with Crippen molar-refractivity contribution in [3.05, 3.63) is 54.2 Å². The molecule has 0 aliphatic rings. The molecule has 0 fully saturated rings. The van der Waals surface area contributed by atoms with Crippen molar-refractivity contribution < 1.29 is 5.11 Å². The fraction of sp³-hybridized carbons (Fsp3) is 0.231. The molecule has 2 rings (SSSR count). The second-order valence-electron chi connectivity index (χ2n) is 3.90. The maximum absolute atomic E-state index is 10.2. The molecule has 2 aromatic rings. The van der Waals surface area contributed by atoms with E-state index < -0.39 is 6.10 Å². The van der Waals surface area contributed by atoms with Gasteiger partial charge in [0, 0.05) is 14.9 Å². The molecule has 17 heavy (non-hydrogen) atoms. The van der Waals surface area contributed by atoms with Crippen LogP contribution >= 0.6 is 45.5 Å². The minimum absolute atomic E-state index is 0.462. The molecular formula is C13H12ClIOS. The summed E-state index contributed by atoms with van der Waals surface area (Å²) in [5, 5.41) is 10.2. The number of aliphatic hydroxyl groups excluding tert-OH is 1. The highest BCUT2D eigenvalue weighted by molar-refractivity contribution is 14.1. The molecule has 0 aliphatic carbocycles. The van der Waals surface area contributed by atoms with Crippen LogP contribution in [0.15, 0.2) is 30.3 Å². The van der Waals surface area contributed by atoms with E-state index in [2.05, 4.69) is 35.6 Å². The van der Waals surface area contributed by atoms with Crippen molar-refractivity contribution in [1.29, 1.82) is 0 Å². The lowest BCUT2D eigenvalue weighted by atomic mass is 10.0. The molecule has 1 N–H and O–H groups in total. The first kappa shape index (κ1) is 13.3. The number of hydrogen-bond acceptors (Lipinski definition) is 2. The van der Waals surface area contributed by atoms with Crippen LogP contribution in [0.1, 0.15) is 22.1 Å². The largest absolute Gasteiger partial charge is 0.388 e. The molecule has 0 radical (unpaired) electrons.